The quantitative estimate of drug-likeness (QED) is 0.783. The molecule has 1 spiro atoms. The van der Waals surface area contributed by atoms with Gasteiger partial charge in [-0.15, -0.1) is 0 Å². The summed E-state index contributed by atoms with van der Waals surface area (Å²) in [6.07, 6.45) is 15.0. The van der Waals surface area contributed by atoms with Crippen molar-refractivity contribution in [1.29, 1.82) is 0 Å². The third-order valence-corrected chi connectivity index (χ3v) is 5.57. The van der Waals surface area contributed by atoms with Gasteiger partial charge in [0.15, 0.2) is 0 Å². The summed E-state index contributed by atoms with van der Waals surface area (Å²) < 4.78 is 0. The van der Waals surface area contributed by atoms with Crippen molar-refractivity contribution >= 4 is 0 Å². The minimum Gasteiger partial charge on any atom is -0.308 e. The molecule has 1 aliphatic heterocycles. The monoisotopic (exact) mass is 262 g/mol. The Morgan fingerprint density at radius 2 is 2.11 bits per heavy atom. The fourth-order valence-electron chi connectivity index (χ4n) is 4.20. The van der Waals surface area contributed by atoms with Crippen LogP contribution in [0.3, 0.4) is 0 Å². The smallest absolute Gasteiger partial charge is 0.0309 e. The van der Waals surface area contributed by atoms with Gasteiger partial charge >= 0.3 is 0 Å². The van der Waals surface area contributed by atoms with E-state index in [1.165, 1.54) is 77.4 Å². The van der Waals surface area contributed by atoms with Crippen LogP contribution in [0, 0.1) is 0 Å². The van der Waals surface area contributed by atoms with E-state index in [4.69, 9.17) is 0 Å². The third-order valence-electron chi connectivity index (χ3n) is 5.57. The molecule has 2 heteroatoms. The molecular formula is C17H30N2. The lowest BCUT2D eigenvalue weighted by Crippen LogP contribution is -2.62. The van der Waals surface area contributed by atoms with Gasteiger partial charge in [-0.3, -0.25) is 4.90 Å². The standard InChI is InChI=1S/C17H30N2/c1-15-13-18-17(10-5-6-11-17)14-19(15)12-9-16-7-3-2-4-8-16/h7,15,18H,2-6,8-14H2,1H3. The summed E-state index contributed by atoms with van der Waals surface area (Å²) >= 11 is 0. The van der Waals surface area contributed by atoms with Crippen molar-refractivity contribution in [3.05, 3.63) is 11.6 Å². The summed E-state index contributed by atoms with van der Waals surface area (Å²) in [5, 5.41) is 3.86. The molecule has 0 aromatic rings. The summed E-state index contributed by atoms with van der Waals surface area (Å²) in [6.45, 7) is 6.17. The van der Waals surface area contributed by atoms with Crippen LogP contribution in [-0.4, -0.2) is 36.1 Å². The Kier molecular flexibility index (Phi) is 4.28. The molecule has 0 bridgehead atoms. The highest BCUT2D eigenvalue weighted by Gasteiger charge is 2.39. The molecule has 1 N–H and O–H groups in total. The van der Waals surface area contributed by atoms with Crippen LogP contribution in [0.2, 0.25) is 0 Å². The van der Waals surface area contributed by atoms with Crippen LogP contribution < -0.4 is 5.32 Å². The lowest BCUT2D eigenvalue weighted by molar-refractivity contribution is 0.0900. The highest BCUT2D eigenvalue weighted by atomic mass is 15.2. The molecule has 0 aromatic heterocycles. The number of piperazine rings is 1. The minimum absolute atomic E-state index is 0.480. The maximum Gasteiger partial charge on any atom is 0.0309 e. The number of rotatable bonds is 3. The second-order valence-electron chi connectivity index (χ2n) is 7.05. The lowest BCUT2D eigenvalue weighted by atomic mass is 9.91. The Hall–Kier alpha value is -0.340. The van der Waals surface area contributed by atoms with Gasteiger partial charge in [0.05, 0.1) is 0 Å². The third kappa shape index (κ3) is 3.22. The van der Waals surface area contributed by atoms with Crippen LogP contribution in [0.15, 0.2) is 11.6 Å². The second kappa shape index (κ2) is 5.97. The highest BCUT2D eigenvalue weighted by Crippen LogP contribution is 2.33. The Bertz CT molecular complexity index is 328. The normalized spacial score (nSPS) is 31.6. The summed E-state index contributed by atoms with van der Waals surface area (Å²) in [6, 6.07) is 0.718. The molecule has 1 heterocycles. The maximum absolute atomic E-state index is 3.86. The summed E-state index contributed by atoms with van der Waals surface area (Å²) in [5.74, 6) is 0. The number of nitrogens with one attached hydrogen (secondary N) is 1. The predicted molar refractivity (Wildman–Crippen MR) is 81.4 cm³/mol. The first kappa shape index (κ1) is 13.6. The van der Waals surface area contributed by atoms with E-state index in [1.807, 2.05) is 0 Å². The lowest BCUT2D eigenvalue weighted by Gasteiger charge is -2.45. The average molecular weight is 262 g/mol. The van der Waals surface area contributed by atoms with Gasteiger partial charge in [-0.25, -0.2) is 0 Å². The van der Waals surface area contributed by atoms with Crippen molar-refractivity contribution in [3.8, 4) is 0 Å². The summed E-state index contributed by atoms with van der Waals surface area (Å²) in [4.78, 5) is 2.76. The van der Waals surface area contributed by atoms with E-state index in [0.717, 1.165) is 6.04 Å². The molecule has 3 rings (SSSR count). The SMILES string of the molecule is CC1CNC2(CCCC2)CN1CCC1=CCCCC1. The topological polar surface area (TPSA) is 15.3 Å². The number of allylic oxidation sites excluding steroid dienone is 1. The van der Waals surface area contributed by atoms with Crippen LogP contribution >= 0.6 is 0 Å². The van der Waals surface area contributed by atoms with E-state index in [9.17, 15) is 0 Å². The molecular weight excluding hydrogens is 232 g/mol. The van der Waals surface area contributed by atoms with E-state index in [2.05, 4.69) is 23.2 Å². The van der Waals surface area contributed by atoms with Crippen LogP contribution in [0.1, 0.15) is 64.7 Å². The molecule has 2 fully saturated rings. The largest absolute Gasteiger partial charge is 0.308 e. The fourth-order valence-corrected chi connectivity index (χ4v) is 4.20. The zero-order valence-electron chi connectivity index (χ0n) is 12.6. The molecule has 2 aliphatic carbocycles. The van der Waals surface area contributed by atoms with Gasteiger partial charge in [-0.1, -0.05) is 24.5 Å². The van der Waals surface area contributed by atoms with Crippen molar-refractivity contribution in [2.24, 2.45) is 0 Å². The molecule has 1 saturated heterocycles. The Morgan fingerprint density at radius 3 is 2.84 bits per heavy atom. The van der Waals surface area contributed by atoms with Gasteiger partial charge in [0.1, 0.15) is 0 Å². The number of hydrogen-bond acceptors (Lipinski definition) is 2. The van der Waals surface area contributed by atoms with Crippen molar-refractivity contribution in [3.63, 3.8) is 0 Å². The Morgan fingerprint density at radius 1 is 1.26 bits per heavy atom. The van der Waals surface area contributed by atoms with E-state index < -0.39 is 0 Å². The Labute approximate surface area is 118 Å². The van der Waals surface area contributed by atoms with Crippen LogP contribution in [0.4, 0.5) is 0 Å². The molecule has 2 nitrogen and oxygen atoms in total. The highest BCUT2D eigenvalue weighted by molar-refractivity contribution is 5.06. The molecule has 1 saturated carbocycles. The van der Waals surface area contributed by atoms with E-state index in [1.54, 1.807) is 5.57 Å². The maximum atomic E-state index is 3.86. The molecule has 19 heavy (non-hydrogen) atoms. The molecule has 3 aliphatic rings. The molecule has 1 atom stereocenters. The van der Waals surface area contributed by atoms with Gasteiger partial charge in [-0.2, -0.15) is 0 Å². The minimum atomic E-state index is 0.480. The molecule has 0 aromatic carbocycles. The second-order valence-corrected chi connectivity index (χ2v) is 7.05. The molecule has 0 amide bonds. The predicted octanol–water partition coefficient (Wildman–Crippen LogP) is 3.48. The average Bonchev–Trinajstić information content (AvgIpc) is 2.90. The first-order valence-electron chi connectivity index (χ1n) is 8.44. The van der Waals surface area contributed by atoms with Crippen LogP contribution in [0.25, 0.3) is 0 Å². The molecule has 0 radical (unpaired) electrons. The van der Waals surface area contributed by atoms with Crippen molar-refractivity contribution in [2.75, 3.05) is 19.6 Å². The van der Waals surface area contributed by atoms with E-state index in [-0.39, 0.29) is 0 Å². The number of nitrogens with zero attached hydrogens (tertiary/aromatic N) is 1. The van der Waals surface area contributed by atoms with Crippen LogP contribution in [-0.2, 0) is 0 Å². The van der Waals surface area contributed by atoms with Crippen LogP contribution in [0.5, 0.6) is 0 Å². The fraction of sp³-hybridized carbons (Fsp3) is 0.882. The van der Waals surface area contributed by atoms with E-state index >= 15 is 0 Å². The molecule has 1 unspecified atom stereocenters. The van der Waals surface area contributed by atoms with Gasteiger partial charge in [0.25, 0.3) is 0 Å². The van der Waals surface area contributed by atoms with Crippen molar-refractivity contribution in [2.45, 2.75) is 76.3 Å². The van der Waals surface area contributed by atoms with Gasteiger partial charge in [0.2, 0.25) is 0 Å². The van der Waals surface area contributed by atoms with Gasteiger partial charge in [-0.05, 0) is 51.9 Å². The zero-order chi connectivity index (χ0) is 13.1. The Balaban J connectivity index is 1.54. The number of hydrogen-bond donors (Lipinski definition) is 1. The van der Waals surface area contributed by atoms with Gasteiger partial charge < -0.3 is 5.32 Å². The zero-order valence-corrected chi connectivity index (χ0v) is 12.6. The summed E-state index contributed by atoms with van der Waals surface area (Å²) in [5.41, 5.74) is 2.21. The van der Waals surface area contributed by atoms with Gasteiger partial charge in [0, 0.05) is 31.2 Å². The first-order chi connectivity index (χ1) is 9.27. The van der Waals surface area contributed by atoms with E-state index in [0.29, 0.717) is 5.54 Å². The molecule has 108 valence electrons. The van der Waals surface area contributed by atoms with Crippen molar-refractivity contribution in [1.82, 2.24) is 10.2 Å². The van der Waals surface area contributed by atoms with Crippen molar-refractivity contribution < 1.29 is 0 Å². The summed E-state index contributed by atoms with van der Waals surface area (Å²) in [7, 11) is 0. The first-order valence-corrected chi connectivity index (χ1v) is 8.44.